The first kappa shape index (κ1) is 20.6. The number of rotatable bonds is 7. The van der Waals surface area contributed by atoms with Crippen LogP contribution in [0.2, 0.25) is 0 Å². The molecule has 0 unspecified atom stereocenters. The largest absolute Gasteiger partial charge is 0.495 e. The van der Waals surface area contributed by atoms with E-state index < -0.39 is 5.82 Å². The summed E-state index contributed by atoms with van der Waals surface area (Å²) in [4.78, 5) is 13.9. The van der Waals surface area contributed by atoms with Crippen LogP contribution in [0.5, 0.6) is 11.5 Å². The molecule has 2 heterocycles. The molecule has 2 aromatic carbocycles. The van der Waals surface area contributed by atoms with Crippen molar-refractivity contribution in [1.82, 2.24) is 15.5 Å². The molecule has 0 aliphatic rings. The van der Waals surface area contributed by atoms with Gasteiger partial charge in [-0.25, -0.2) is 4.39 Å². The van der Waals surface area contributed by atoms with Crippen LogP contribution in [0, 0.1) is 5.82 Å². The number of fused-ring (bicyclic) bond motifs is 1. The minimum absolute atomic E-state index is 0.163. The number of nitrogens with one attached hydrogen (secondary N) is 2. The minimum Gasteiger partial charge on any atom is -0.495 e. The number of benzene rings is 2. The summed E-state index contributed by atoms with van der Waals surface area (Å²) in [6.07, 6.45) is 3.57. The number of aromatic amines is 1. The van der Waals surface area contributed by atoms with E-state index in [0.717, 1.165) is 16.0 Å². The maximum absolute atomic E-state index is 13.6. The second-order valence-corrected chi connectivity index (χ2v) is 7.70. The topological polar surface area (TPSA) is 76.2 Å². The van der Waals surface area contributed by atoms with Crippen LogP contribution in [-0.2, 0) is 6.54 Å². The van der Waals surface area contributed by atoms with Crippen LogP contribution in [0.3, 0.4) is 0 Å². The van der Waals surface area contributed by atoms with Gasteiger partial charge in [0, 0.05) is 4.88 Å². The zero-order valence-corrected chi connectivity index (χ0v) is 17.8. The van der Waals surface area contributed by atoms with Crippen LogP contribution < -0.4 is 14.8 Å². The Kier molecular flexibility index (Phi) is 5.99. The SMILES string of the molecule is COc1cc(/C=C/c2n[nH]c3ccc(C(=O)NCc4cccs4)c(OC)c23)ccc1F. The molecule has 2 aromatic heterocycles. The van der Waals surface area contributed by atoms with Gasteiger partial charge in [-0.2, -0.15) is 5.10 Å². The quantitative estimate of drug-likeness (QED) is 0.432. The molecule has 0 bridgehead atoms. The minimum atomic E-state index is -0.426. The standard InChI is InChI=1S/C23H20FN3O3S/c1-29-20-12-14(5-8-17(20)24)6-9-18-21-19(27-26-18)10-7-16(22(21)30-2)23(28)25-13-15-4-3-11-31-15/h3-12H,13H2,1-2H3,(H,25,28)(H,26,27)/b9-6+. The fourth-order valence-corrected chi connectivity index (χ4v) is 3.89. The highest BCUT2D eigenvalue weighted by Gasteiger charge is 2.19. The van der Waals surface area contributed by atoms with E-state index in [1.807, 2.05) is 17.5 Å². The summed E-state index contributed by atoms with van der Waals surface area (Å²) in [5.41, 5.74) is 2.51. The lowest BCUT2D eigenvalue weighted by Crippen LogP contribution is -2.22. The second kappa shape index (κ2) is 9.01. The van der Waals surface area contributed by atoms with Crippen molar-refractivity contribution in [2.45, 2.75) is 6.54 Å². The van der Waals surface area contributed by atoms with E-state index in [2.05, 4.69) is 15.5 Å². The van der Waals surface area contributed by atoms with Crippen LogP contribution in [0.15, 0.2) is 47.8 Å². The maximum atomic E-state index is 13.6. The summed E-state index contributed by atoms with van der Waals surface area (Å²) in [6, 6.07) is 12.0. The fraction of sp³-hybridized carbons (Fsp3) is 0.130. The number of H-pyrrole nitrogens is 1. The number of carbonyl (C=O) groups is 1. The number of hydrogen-bond donors (Lipinski definition) is 2. The summed E-state index contributed by atoms with van der Waals surface area (Å²) in [5.74, 6) is -0.0566. The number of nitrogens with zero attached hydrogens (tertiary/aromatic N) is 1. The highest BCUT2D eigenvalue weighted by atomic mass is 32.1. The number of aromatic nitrogens is 2. The van der Waals surface area contributed by atoms with Crippen molar-refractivity contribution in [3.8, 4) is 11.5 Å². The third-order valence-corrected chi connectivity index (χ3v) is 5.65. The summed E-state index contributed by atoms with van der Waals surface area (Å²) < 4.78 is 24.3. The molecule has 2 N–H and O–H groups in total. The smallest absolute Gasteiger partial charge is 0.255 e. The molecule has 8 heteroatoms. The number of carbonyl (C=O) groups excluding carboxylic acids is 1. The van der Waals surface area contributed by atoms with Gasteiger partial charge in [0.1, 0.15) is 5.75 Å². The predicted molar refractivity (Wildman–Crippen MR) is 120 cm³/mol. The monoisotopic (exact) mass is 437 g/mol. The van der Waals surface area contributed by atoms with Gasteiger partial charge in [-0.1, -0.05) is 18.2 Å². The first-order chi connectivity index (χ1) is 15.1. The van der Waals surface area contributed by atoms with E-state index in [-0.39, 0.29) is 11.7 Å². The number of hydrogen-bond acceptors (Lipinski definition) is 5. The van der Waals surface area contributed by atoms with Gasteiger partial charge >= 0.3 is 0 Å². The molecule has 0 saturated heterocycles. The summed E-state index contributed by atoms with van der Waals surface area (Å²) >= 11 is 1.58. The average Bonchev–Trinajstić information content (AvgIpc) is 3.46. The van der Waals surface area contributed by atoms with Gasteiger partial charge in [0.05, 0.1) is 42.9 Å². The Morgan fingerprint density at radius 3 is 2.81 bits per heavy atom. The van der Waals surface area contributed by atoms with Crippen LogP contribution in [0.25, 0.3) is 23.1 Å². The van der Waals surface area contributed by atoms with E-state index in [4.69, 9.17) is 9.47 Å². The van der Waals surface area contributed by atoms with Gasteiger partial charge in [0.15, 0.2) is 11.6 Å². The van der Waals surface area contributed by atoms with Crippen molar-refractivity contribution in [2.75, 3.05) is 14.2 Å². The Hall–Kier alpha value is -3.65. The van der Waals surface area contributed by atoms with Crippen molar-refractivity contribution in [1.29, 1.82) is 0 Å². The molecule has 4 rings (SSSR count). The molecule has 0 saturated carbocycles. The number of halogens is 1. The molecule has 0 spiro atoms. The summed E-state index contributed by atoms with van der Waals surface area (Å²) in [6.45, 7) is 0.447. The van der Waals surface area contributed by atoms with E-state index in [1.165, 1.54) is 20.3 Å². The Morgan fingerprint density at radius 2 is 2.06 bits per heavy atom. The molecule has 0 radical (unpaired) electrons. The highest BCUT2D eigenvalue weighted by Crippen LogP contribution is 2.32. The van der Waals surface area contributed by atoms with E-state index in [0.29, 0.717) is 28.9 Å². The molecule has 6 nitrogen and oxygen atoms in total. The van der Waals surface area contributed by atoms with Gasteiger partial charge in [-0.15, -0.1) is 11.3 Å². The second-order valence-electron chi connectivity index (χ2n) is 6.67. The Morgan fingerprint density at radius 1 is 1.19 bits per heavy atom. The fourth-order valence-electron chi connectivity index (χ4n) is 3.25. The van der Waals surface area contributed by atoms with Gasteiger partial charge < -0.3 is 14.8 Å². The van der Waals surface area contributed by atoms with Crippen molar-refractivity contribution in [3.63, 3.8) is 0 Å². The van der Waals surface area contributed by atoms with Gasteiger partial charge in [0.2, 0.25) is 0 Å². The third-order valence-electron chi connectivity index (χ3n) is 4.77. The van der Waals surface area contributed by atoms with Crippen LogP contribution in [-0.4, -0.2) is 30.3 Å². The van der Waals surface area contributed by atoms with E-state index >= 15 is 0 Å². The lowest BCUT2D eigenvalue weighted by molar-refractivity contribution is 0.0948. The molecule has 0 atom stereocenters. The molecular weight excluding hydrogens is 417 g/mol. The third kappa shape index (κ3) is 4.29. The predicted octanol–water partition coefficient (Wildman–Crippen LogP) is 4.88. The van der Waals surface area contributed by atoms with E-state index in [1.54, 1.807) is 47.8 Å². The number of amides is 1. The zero-order valence-electron chi connectivity index (χ0n) is 16.9. The van der Waals surface area contributed by atoms with Crippen molar-refractivity contribution < 1.29 is 18.7 Å². The molecule has 0 aliphatic carbocycles. The number of methoxy groups -OCH3 is 2. The van der Waals surface area contributed by atoms with Crippen molar-refractivity contribution in [2.24, 2.45) is 0 Å². The molecular formula is C23H20FN3O3S. The average molecular weight is 437 g/mol. The Bertz CT molecular complexity index is 1250. The molecule has 31 heavy (non-hydrogen) atoms. The van der Waals surface area contributed by atoms with E-state index in [9.17, 15) is 9.18 Å². The lowest BCUT2D eigenvalue weighted by Gasteiger charge is -2.10. The zero-order chi connectivity index (χ0) is 21.8. The first-order valence-corrected chi connectivity index (χ1v) is 10.4. The van der Waals surface area contributed by atoms with Gasteiger partial charge in [-0.3, -0.25) is 9.89 Å². The molecule has 158 valence electrons. The Labute approximate surface area is 182 Å². The van der Waals surface area contributed by atoms with Gasteiger partial charge in [-0.05, 0) is 47.4 Å². The van der Waals surface area contributed by atoms with Gasteiger partial charge in [0.25, 0.3) is 5.91 Å². The lowest BCUT2D eigenvalue weighted by atomic mass is 10.1. The van der Waals surface area contributed by atoms with Crippen LogP contribution >= 0.6 is 11.3 Å². The number of thiophene rings is 1. The molecule has 4 aromatic rings. The summed E-state index contributed by atoms with van der Waals surface area (Å²) in [7, 11) is 2.94. The molecule has 1 amide bonds. The maximum Gasteiger partial charge on any atom is 0.255 e. The first-order valence-electron chi connectivity index (χ1n) is 9.48. The highest BCUT2D eigenvalue weighted by molar-refractivity contribution is 7.09. The molecule has 0 aliphatic heterocycles. The Balaban J connectivity index is 1.66. The van der Waals surface area contributed by atoms with Crippen molar-refractivity contribution in [3.05, 3.63) is 75.4 Å². The summed E-state index contributed by atoms with van der Waals surface area (Å²) in [5, 5.41) is 12.9. The normalized spacial score (nSPS) is 11.2. The number of ether oxygens (including phenoxy) is 2. The van der Waals surface area contributed by atoms with Crippen LogP contribution in [0.1, 0.15) is 26.5 Å². The van der Waals surface area contributed by atoms with Crippen LogP contribution in [0.4, 0.5) is 4.39 Å². The molecule has 0 fully saturated rings. The van der Waals surface area contributed by atoms with Crippen molar-refractivity contribution >= 4 is 40.3 Å².